The number of ether oxygens (including phenoxy) is 1. The number of nitrogens with one attached hydrogen (secondary N) is 2. The minimum Gasteiger partial charge on any atom is -0.482 e. The van der Waals surface area contributed by atoms with E-state index in [0.717, 1.165) is 11.0 Å². The fraction of sp³-hybridized carbons (Fsp3) is 0.326. The number of anilines is 2. The first-order valence-electron chi connectivity index (χ1n) is 19.8. The molecule has 4 aromatic rings. The van der Waals surface area contributed by atoms with Crippen molar-refractivity contribution in [1.29, 1.82) is 0 Å². The summed E-state index contributed by atoms with van der Waals surface area (Å²) in [6, 6.07) is 13.3. The summed E-state index contributed by atoms with van der Waals surface area (Å²) < 4.78 is 20.0. The van der Waals surface area contributed by atoms with E-state index in [0.29, 0.717) is 29.7 Å². The Hall–Kier alpha value is -6.46. The van der Waals surface area contributed by atoms with E-state index in [4.69, 9.17) is 33.7 Å². The van der Waals surface area contributed by atoms with E-state index in [2.05, 4.69) is 20.8 Å². The van der Waals surface area contributed by atoms with Gasteiger partial charge in [-0.15, -0.1) is 10.2 Å². The molecule has 62 heavy (non-hydrogen) atoms. The zero-order valence-corrected chi connectivity index (χ0v) is 35.3. The Morgan fingerprint density at radius 2 is 1.69 bits per heavy atom. The fourth-order valence-electron chi connectivity index (χ4n) is 8.16. The number of benzene rings is 3. The molecule has 7 amide bonds. The van der Waals surface area contributed by atoms with E-state index in [-0.39, 0.29) is 100 Å². The van der Waals surface area contributed by atoms with E-state index in [1.807, 2.05) is 13.8 Å². The molecule has 19 heteroatoms. The zero-order chi connectivity index (χ0) is 44.6. The van der Waals surface area contributed by atoms with Crippen molar-refractivity contribution in [2.75, 3.05) is 24.1 Å². The van der Waals surface area contributed by atoms with Gasteiger partial charge >= 0.3 is 0 Å². The van der Waals surface area contributed by atoms with Crippen LogP contribution in [0.5, 0.6) is 5.75 Å². The molecule has 7 rings (SSSR count). The number of aromatic nitrogens is 2. The minimum atomic E-state index is -1.07. The van der Waals surface area contributed by atoms with Crippen LogP contribution in [0.4, 0.5) is 15.9 Å². The van der Waals surface area contributed by atoms with Crippen LogP contribution < -0.4 is 21.1 Å². The zero-order valence-electron chi connectivity index (χ0n) is 33.7. The van der Waals surface area contributed by atoms with Crippen LogP contribution in [-0.4, -0.2) is 97.5 Å². The number of hydrogen-bond donors (Lipinski definition) is 3. The molecule has 16 nitrogen and oxygen atoms in total. The maximum absolute atomic E-state index is 14.1. The Morgan fingerprint density at radius 3 is 2.39 bits per heavy atom. The molecule has 2 fully saturated rings. The predicted octanol–water partition coefficient (Wildman–Crippen LogP) is 5.38. The molecule has 322 valence electrons. The van der Waals surface area contributed by atoms with Crippen LogP contribution in [-0.2, 0) is 20.8 Å². The number of nitrogens with zero attached hydrogens (tertiary/aromatic N) is 5. The van der Waals surface area contributed by atoms with Crippen molar-refractivity contribution in [3.05, 3.63) is 110 Å². The number of hydrogen-bond acceptors (Lipinski definition) is 11. The third-order valence-electron chi connectivity index (χ3n) is 11.1. The van der Waals surface area contributed by atoms with Gasteiger partial charge in [0.1, 0.15) is 18.0 Å². The van der Waals surface area contributed by atoms with Crippen LogP contribution in [0.25, 0.3) is 0 Å². The number of rotatable bonds is 11. The van der Waals surface area contributed by atoms with Crippen LogP contribution in [0.1, 0.15) is 105 Å². The number of carbonyl (C=O) groups is 7. The normalized spacial score (nSPS) is 19.3. The maximum Gasteiger partial charge on any atom is 0.276 e. The second kappa shape index (κ2) is 17.9. The quantitative estimate of drug-likeness (QED) is 0.128. The number of nitrogens with two attached hydrogens (primary N) is 1. The highest BCUT2D eigenvalue weighted by Gasteiger charge is 2.45. The van der Waals surface area contributed by atoms with E-state index in [1.165, 1.54) is 18.2 Å². The lowest BCUT2D eigenvalue weighted by Gasteiger charge is -2.44. The van der Waals surface area contributed by atoms with E-state index in [1.54, 1.807) is 53.1 Å². The molecule has 1 aromatic heterocycles. The molecule has 0 bridgehead atoms. The molecule has 3 aromatic carbocycles. The summed E-state index contributed by atoms with van der Waals surface area (Å²) in [4.78, 5) is 95.6. The molecular weight excluding hydrogens is 846 g/mol. The van der Waals surface area contributed by atoms with Crippen molar-refractivity contribution >= 4 is 76.1 Å². The van der Waals surface area contributed by atoms with Gasteiger partial charge in [0.25, 0.3) is 23.6 Å². The first kappa shape index (κ1) is 43.6. The standard InChI is InChI=1S/C43H41Cl2FN8O8/c1-21-19-52(20-22(2)53(21)34(56)9-5-7-24-6-4-8-27-36(24)43(61)54(42(27)60)31-16-17-33(55)49-40(31)58)41(59)25-10-12-26(13-11-25)48-39(57)30-18-32(38(47)51-50-30)62-23(3)35-28(44)14-15-29(46)37(35)45/h4,6,8,10-15,18,21-23,31H,5,7,9,16-17,19-20H2,1-3H3,(H2,47,51)(H,48,57)(H,49,55,58)/t21-,22+,23-,31?/m1/s1. The van der Waals surface area contributed by atoms with Gasteiger partial charge in [-0.25, -0.2) is 4.39 Å². The van der Waals surface area contributed by atoms with Crippen LogP contribution >= 0.6 is 23.2 Å². The number of halogens is 3. The second-order valence-electron chi connectivity index (χ2n) is 15.4. The third kappa shape index (κ3) is 8.67. The molecule has 0 spiro atoms. The van der Waals surface area contributed by atoms with Crippen molar-refractivity contribution in [1.82, 2.24) is 30.2 Å². The Kier molecular flexibility index (Phi) is 12.6. The number of piperazine rings is 1. The first-order valence-corrected chi connectivity index (χ1v) is 20.6. The number of piperidine rings is 1. The molecular formula is C43H41Cl2FN8O8. The number of imide groups is 2. The molecule has 3 aliphatic rings. The summed E-state index contributed by atoms with van der Waals surface area (Å²) in [7, 11) is 0. The number of nitrogen functional groups attached to an aromatic ring is 1. The second-order valence-corrected chi connectivity index (χ2v) is 16.2. The molecule has 0 aliphatic carbocycles. The molecule has 4 atom stereocenters. The summed E-state index contributed by atoms with van der Waals surface area (Å²) in [6.07, 6.45) is 0.0844. The van der Waals surface area contributed by atoms with Crippen molar-refractivity contribution in [3.8, 4) is 5.75 Å². The van der Waals surface area contributed by atoms with Gasteiger partial charge in [-0.2, -0.15) is 0 Å². The van der Waals surface area contributed by atoms with Gasteiger partial charge in [-0.05, 0) is 88.1 Å². The van der Waals surface area contributed by atoms with Gasteiger partial charge < -0.3 is 25.6 Å². The predicted molar refractivity (Wildman–Crippen MR) is 224 cm³/mol. The molecule has 1 unspecified atom stereocenters. The smallest absolute Gasteiger partial charge is 0.276 e. The third-order valence-corrected chi connectivity index (χ3v) is 11.8. The van der Waals surface area contributed by atoms with Crippen molar-refractivity contribution in [2.24, 2.45) is 0 Å². The fourth-order valence-corrected chi connectivity index (χ4v) is 8.84. The lowest BCUT2D eigenvalue weighted by molar-refractivity contribution is -0.139. The van der Waals surface area contributed by atoms with Crippen LogP contribution in [0, 0.1) is 5.82 Å². The molecule has 0 saturated carbocycles. The lowest BCUT2D eigenvalue weighted by atomic mass is 9.97. The van der Waals surface area contributed by atoms with E-state index >= 15 is 0 Å². The van der Waals surface area contributed by atoms with Gasteiger partial charge in [-0.3, -0.25) is 43.8 Å². The summed E-state index contributed by atoms with van der Waals surface area (Å²) >= 11 is 12.4. The molecule has 4 heterocycles. The number of carbonyl (C=O) groups excluding carboxylic acids is 7. The van der Waals surface area contributed by atoms with Gasteiger partial charge in [0.15, 0.2) is 17.3 Å². The highest BCUT2D eigenvalue weighted by Crippen LogP contribution is 2.36. The molecule has 2 saturated heterocycles. The van der Waals surface area contributed by atoms with Crippen LogP contribution in [0.2, 0.25) is 10.0 Å². The van der Waals surface area contributed by atoms with Crippen molar-refractivity contribution in [3.63, 3.8) is 0 Å². The van der Waals surface area contributed by atoms with Gasteiger partial charge in [0, 0.05) is 65.9 Å². The molecule has 0 radical (unpaired) electrons. The highest BCUT2D eigenvalue weighted by atomic mass is 35.5. The van der Waals surface area contributed by atoms with Crippen LogP contribution in [0.15, 0.2) is 60.7 Å². The summed E-state index contributed by atoms with van der Waals surface area (Å²) in [5, 5.41) is 12.5. The lowest BCUT2D eigenvalue weighted by Crippen LogP contribution is -2.59. The average molecular weight is 888 g/mol. The summed E-state index contributed by atoms with van der Waals surface area (Å²) in [5.41, 5.74) is 7.72. The highest BCUT2D eigenvalue weighted by molar-refractivity contribution is 6.36. The van der Waals surface area contributed by atoms with Gasteiger partial charge in [0.05, 0.1) is 16.1 Å². The monoisotopic (exact) mass is 886 g/mol. The molecule has 4 N–H and O–H groups in total. The number of aryl methyl sites for hydroxylation is 1. The first-order chi connectivity index (χ1) is 29.5. The number of amides is 7. The number of fused-ring (bicyclic) bond motifs is 1. The van der Waals surface area contributed by atoms with Gasteiger partial charge in [-0.1, -0.05) is 35.3 Å². The Balaban J connectivity index is 0.918. The SMILES string of the molecule is C[C@@H]1CN(C(=O)c2ccc(NC(=O)c3cc(O[C@H](C)c4c(Cl)ccc(F)c4Cl)c(N)nn3)cc2)C[C@H](C)N1C(=O)CCCc1cccc2c1C(=O)N(C1CCC(=O)NC1=O)C2=O. The maximum atomic E-state index is 14.1. The molecule has 3 aliphatic heterocycles. The topological polar surface area (TPSA) is 214 Å². The summed E-state index contributed by atoms with van der Waals surface area (Å²) in [5.74, 6) is -4.14. The Labute approximate surface area is 364 Å². The van der Waals surface area contributed by atoms with E-state index in [9.17, 15) is 38.0 Å². The largest absolute Gasteiger partial charge is 0.482 e. The average Bonchev–Trinajstić information content (AvgIpc) is 3.48. The minimum absolute atomic E-state index is 0.00617. The van der Waals surface area contributed by atoms with Crippen molar-refractivity contribution in [2.45, 2.75) is 77.1 Å². The van der Waals surface area contributed by atoms with Crippen molar-refractivity contribution < 1.29 is 42.7 Å². The Morgan fingerprint density at radius 1 is 0.984 bits per heavy atom. The Bertz CT molecular complexity index is 2510. The van der Waals surface area contributed by atoms with Crippen LogP contribution in [0.3, 0.4) is 0 Å². The van der Waals surface area contributed by atoms with Gasteiger partial charge in [0.2, 0.25) is 17.7 Å². The summed E-state index contributed by atoms with van der Waals surface area (Å²) in [6.45, 7) is 5.88. The van der Waals surface area contributed by atoms with E-state index < -0.39 is 47.5 Å².